The minimum Gasteiger partial charge on any atom is -0.159 e. The Morgan fingerprint density at radius 1 is 0.684 bits per heavy atom. The molecule has 0 aromatic heterocycles. The van der Waals surface area contributed by atoms with Crippen molar-refractivity contribution >= 4 is 11.8 Å². The van der Waals surface area contributed by atoms with Gasteiger partial charge in [-0.3, -0.25) is 0 Å². The fourth-order valence-corrected chi connectivity index (χ4v) is 4.44. The number of unbranched alkanes of at least 4 members (excludes halogenated alkanes) is 7. The second kappa shape index (κ2) is 13.3. The van der Waals surface area contributed by atoms with Crippen LogP contribution in [0.3, 0.4) is 0 Å². The standard InChI is InChI=1S/C18H36S/c1-2-3-4-5-6-7-11-14-17-19-18-15-12-9-8-10-13-16-18/h18H,2-17H2,1H3. The summed E-state index contributed by atoms with van der Waals surface area (Å²) in [4.78, 5) is 0. The monoisotopic (exact) mass is 284 g/mol. The average molecular weight is 285 g/mol. The van der Waals surface area contributed by atoms with Crippen molar-refractivity contribution in [1.29, 1.82) is 0 Å². The predicted molar refractivity (Wildman–Crippen MR) is 91.2 cm³/mol. The summed E-state index contributed by atoms with van der Waals surface area (Å²) in [6, 6.07) is 0. The third kappa shape index (κ3) is 10.8. The van der Waals surface area contributed by atoms with Crippen LogP contribution in [0.25, 0.3) is 0 Å². The minimum atomic E-state index is 1.00. The molecule has 0 amide bonds. The van der Waals surface area contributed by atoms with Crippen molar-refractivity contribution in [2.75, 3.05) is 5.75 Å². The Bertz CT molecular complexity index is 171. The molecule has 1 aliphatic carbocycles. The Labute approximate surface area is 126 Å². The lowest BCUT2D eigenvalue weighted by molar-refractivity contribution is 0.512. The maximum absolute atomic E-state index is 2.30. The summed E-state index contributed by atoms with van der Waals surface area (Å²) >= 11 is 2.29. The van der Waals surface area contributed by atoms with Crippen molar-refractivity contribution in [3.05, 3.63) is 0 Å². The predicted octanol–water partition coefficient (Wildman–Crippen LogP) is 6.97. The fourth-order valence-electron chi connectivity index (χ4n) is 3.07. The molecular weight excluding hydrogens is 248 g/mol. The van der Waals surface area contributed by atoms with E-state index in [0.29, 0.717) is 0 Å². The van der Waals surface area contributed by atoms with E-state index in [4.69, 9.17) is 0 Å². The van der Waals surface area contributed by atoms with Crippen molar-refractivity contribution in [3.63, 3.8) is 0 Å². The van der Waals surface area contributed by atoms with E-state index in [1.165, 1.54) is 102 Å². The highest BCUT2D eigenvalue weighted by Crippen LogP contribution is 2.27. The molecule has 1 aliphatic rings. The Morgan fingerprint density at radius 2 is 1.21 bits per heavy atom. The zero-order valence-electron chi connectivity index (χ0n) is 13.3. The normalized spacial score (nSPS) is 18.2. The van der Waals surface area contributed by atoms with E-state index in [1.54, 1.807) is 0 Å². The van der Waals surface area contributed by atoms with Crippen molar-refractivity contribution in [3.8, 4) is 0 Å². The molecule has 0 aromatic carbocycles. The molecule has 0 aromatic rings. The number of rotatable bonds is 10. The lowest BCUT2D eigenvalue weighted by Crippen LogP contribution is -2.06. The van der Waals surface area contributed by atoms with Gasteiger partial charge in [0.05, 0.1) is 0 Å². The second-order valence-electron chi connectivity index (χ2n) is 6.31. The van der Waals surface area contributed by atoms with E-state index in [9.17, 15) is 0 Å². The highest BCUT2D eigenvalue weighted by Gasteiger charge is 2.10. The molecule has 0 N–H and O–H groups in total. The molecule has 0 unspecified atom stereocenters. The first kappa shape index (κ1) is 17.4. The summed E-state index contributed by atoms with van der Waals surface area (Å²) in [7, 11) is 0. The molecule has 1 heteroatoms. The molecule has 0 saturated heterocycles. The van der Waals surface area contributed by atoms with Gasteiger partial charge in [-0.05, 0) is 25.0 Å². The Balaban J connectivity index is 1.84. The Kier molecular flexibility index (Phi) is 12.2. The zero-order chi connectivity index (χ0) is 13.6. The van der Waals surface area contributed by atoms with Crippen molar-refractivity contribution < 1.29 is 0 Å². The van der Waals surface area contributed by atoms with Gasteiger partial charge >= 0.3 is 0 Å². The third-order valence-corrected chi connectivity index (χ3v) is 5.87. The van der Waals surface area contributed by atoms with Crippen LogP contribution in [0.15, 0.2) is 0 Å². The highest BCUT2D eigenvalue weighted by molar-refractivity contribution is 7.99. The molecule has 0 nitrogen and oxygen atoms in total. The van der Waals surface area contributed by atoms with Gasteiger partial charge in [-0.2, -0.15) is 11.8 Å². The van der Waals surface area contributed by atoms with E-state index in [-0.39, 0.29) is 0 Å². The van der Waals surface area contributed by atoms with Crippen molar-refractivity contribution in [1.82, 2.24) is 0 Å². The topological polar surface area (TPSA) is 0 Å². The van der Waals surface area contributed by atoms with Crippen LogP contribution in [0.2, 0.25) is 0 Å². The van der Waals surface area contributed by atoms with Crippen LogP contribution in [0.1, 0.15) is 103 Å². The molecule has 0 aliphatic heterocycles. The van der Waals surface area contributed by atoms with E-state index >= 15 is 0 Å². The smallest absolute Gasteiger partial charge is 0.00470 e. The molecule has 1 saturated carbocycles. The lowest BCUT2D eigenvalue weighted by Gasteiger charge is -2.19. The van der Waals surface area contributed by atoms with E-state index < -0.39 is 0 Å². The summed E-state index contributed by atoms with van der Waals surface area (Å²) in [6.45, 7) is 2.30. The molecular formula is C18H36S. The maximum Gasteiger partial charge on any atom is 0.00470 e. The summed E-state index contributed by atoms with van der Waals surface area (Å²) < 4.78 is 0. The van der Waals surface area contributed by atoms with Gasteiger partial charge in [0.1, 0.15) is 0 Å². The van der Waals surface area contributed by atoms with Gasteiger partial charge in [0.2, 0.25) is 0 Å². The molecule has 0 spiro atoms. The quantitative estimate of drug-likeness (QED) is 0.390. The van der Waals surface area contributed by atoms with Gasteiger partial charge in [0.15, 0.2) is 0 Å². The van der Waals surface area contributed by atoms with Crippen LogP contribution in [0.4, 0.5) is 0 Å². The Hall–Kier alpha value is 0.350. The molecule has 114 valence electrons. The van der Waals surface area contributed by atoms with Crippen molar-refractivity contribution in [2.24, 2.45) is 0 Å². The summed E-state index contributed by atoms with van der Waals surface area (Å²) in [6.07, 6.45) is 22.1. The first-order valence-corrected chi connectivity index (χ1v) is 10.1. The summed E-state index contributed by atoms with van der Waals surface area (Å²) in [5.41, 5.74) is 0. The van der Waals surface area contributed by atoms with Gasteiger partial charge in [-0.1, -0.05) is 84.0 Å². The molecule has 1 rings (SSSR count). The number of hydrogen-bond donors (Lipinski definition) is 0. The van der Waals surface area contributed by atoms with Crippen molar-refractivity contribution in [2.45, 2.75) is 108 Å². The third-order valence-electron chi connectivity index (χ3n) is 4.40. The van der Waals surface area contributed by atoms with Gasteiger partial charge in [0.25, 0.3) is 0 Å². The summed E-state index contributed by atoms with van der Waals surface area (Å²) in [5.74, 6) is 1.43. The first-order valence-electron chi connectivity index (χ1n) is 9.05. The molecule has 0 radical (unpaired) electrons. The SMILES string of the molecule is CCCCCCCCCCSC1CCCCCCC1. The van der Waals surface area contributed by atoms with Crippen LogP contribution >= 0.6 is 11.8 Å². The summed E-state index contributed by atoms with van der Waals surface area (Å²) in [5, 5.41) is 1.00. The maximum atomic E-state index is 2.30. The lowest BCUT2D eigenvalue weighted by atomic mass is 10.0. The zero-order valence-corrected chi connectivity index (χ0v) is 14.1. The number of thioether (sulfide) groups is 1. The Morgan fingerprint density at radius 3 is 1.84 bits per heavy atom. The van der Waals surface area contributed by atoms with Gasteiger partial charge in [-0.25, -0.2) is 0 Å². The molecule has 0 heterocycles. The van der Waals surface area contributed by atoms with Crippen LogP contribution < -0.4 is 0 Å². The van der Waals surface area contributed by atoms with Crippen LogP contribution in [-0.2, 0) is 0 Å². The van der Waals surface area contributed by atoms with Gasteiger partial charge < -0.3 is 0 Å². The average Bonchev–Trinajstić information content (AvgIpc) is 2.39. The van der Waals surface area contributed by atoms with E-state index in [0.717, 1.165) is 5.25 Å². The van der Waals surface area contributed by atoms with Crippen LogP contribution in [0, 0.1) is 0 Å². The largest absolute Gasteiger partial charge is 0.159 e. The van der Waals surface area contributed by atoms with E-state index in [2.05, 4.69) is 18.7 Å². The fraction of sp³-hybridized carbons (Fsp3) is 1.00. The number of hydrogen-bond acceptors (Lipinski definition) is 1. The van der Waals surface area contributed by atoms with E-state index in [1.807, 2.05) is 0 Å². The molecule has 19 heavy (non-hydrogen) atoms. The molecule has 0 bridgehead atoms. The van der Waals surface area contributed by atoms with Gasteiger partial charge in [-0.15, -0.1) is 0 Å². The molecule has 1 fully saturated rings. The van der Waals surface area contributed by atoms with Crippen LogP contribution in [-0.4, -0.2) is 11.0 Å². The molecule has 0 atom stereocenters. The van der Waals surface area contributed by atoms with Gasteiger partial charge in [0, 0.05) is 5.25 Å². The minimum absolute atomic E-state index is 1.00. The highest BCUT2D eigenvalue weighted by atomic mass is 32.2. The first-order chi connectivity index (χ1) is 9.43. The second-order valence-corrected chi connectivity index (χ2v) is 7.72. The van der Waals surface area contributed by atoms with Crippen LogP contribution in [0.5, 0.6) is 0 Å².